The average Bonchev–Trinajstić information content (AvgIpc) is 3.15. The Bertz CT molecular complexity index is 852. The predicted octanol–water partition coefficient (Wildman–Crippen LogP) is 11.4. The van der Waals surface area contributed by atoms with Gasteiger partial charge >= 0.3 is 17.9 Å². The highest BCUT2D eigenvalue weighted by atomic mass is 16.6. The van der Waals surface area contributed by atoms with Gasteiger partial charge in [-0.3, -0.25) is 4.79 Å². The highest BCUT2D eigenvalue weighted by Crippen LogP contribution is 2.29. The molecule has 1 N–H and O–H groups in total. The predicted molar refractivity (Wildman–Crippen MR) is 218 cm³/mol. The summed E-state index contributed by atoms with van der Waals surface area (Å²) in [6.07, 6.45) is 32.2. The Hall–Kier alpha value is -1.67. The number of ether oxygens (including phenoxy) is 3. The first kappa shape index (κ1) is 49.3. The van der Waals surface area contributed by atoms with Crippen molar-refractivity contribution >= 4 is 17.9 Å². The molecule has 0 amide bonds. The van der Waals surface area contributed by atoms with Crippen LogP contribution in [0.1, 0.15) is 220 Å². The van der Waals surface area contributed by atoms with E-state index in [1.165, 1.54) is 89.9 Å². The molecule has 0 saturated carbocycles. The minimum Gasteiger partial charge on any atom is -0.466 e. The summed E-state index contributed by atoms with van der Waals surface area (Å²) < 4.78 is 17.0. The van der Waals surface area contributed by atoms with E-state index in [1.807, 2.05) is 0 Å². The lowest BCUT2D eigenvalue weighted by Crippen LogP contribution is -2.47. The van der Waals surface area contributed by atoms with E-state index in [2.05, 4.69) is 25.7 Å². The first-order valence-electron chi connectivity index (χ1n) is 22.9. The van der Waals surface area contributed by atoms with Crippen LogP contribution >= 0.6 is 0 Å². The SMILES string of the molecule is CCCCCCCCOC(=O)CCCCCCCN(CCO)CCCCCCC1OC(=O)C(C(CCCCCCCC)CCCCCCCC)OC1=O. The van der Waals surface area contributed by atoms with Gasteiger partial charge in [0.1, 0.15) is 0 Å². The van der Waals surface area contributed by atoms with Crippen LogP contribution in [-0.2, 0) is 28.6 Å². The lowest BCUT2D eigenvalue weighted by Gasteiger charge is -2.32. The van der Waals surface area contributed by atoms with Crippen molar-refractivity contribution < 1.29 is 33.7 Å². The van der Waals surface area contributed by atoms with Crippen LogP contribution in [0.15, 0.2) is 0 Å². The van der Waals surface area contributed by atoms with Crippen LogP contribution in [0.2, 0.25) is 0 Å². The Labute approximate surface area is 326 Å². The lowest BCUT2D eigenvalue weighted by atomic mass is 9.89. The third-order valence-corrected chi connectivity index (χ3v) is 11.0. The summed E-state index contributed by atoms with van der Waals surface area (Å²) in [4.78, 5) is 40.4. The molecule has 0 aromatic heterocycles. The summed E-state index contributed by atoms with van der Waals surface area (Å²) in [6, 6.07) is 0. The van der Waals surface area contributed by atoms with Crippen molar-refractivity contribution in [1.82, 2.24) is 4.90 Å². The van der Waals surface area contributed by atoms with Crippen LogP contribution in [-0.4, -0.2) is 73.0 Å². The Balaban J connectivity index is 2.24. The fourth-order valence-corrected chi connectivity index (χ4v) is 7.56. The maximum absolute atomic E-state index is 13.1. The third kappa shape index (κ3) is 27.5. The van der Waals surface area contributed by atoms with Gasteiger partial charge in [-0.25, -0.2) is 9.59 Å². The molecule has 1 rings (SSSR count). The zero-order valence-electron chi connectivity index (χ0n) is 35.0. The summed E-state index contributed by atoms with van der Waals surface area (Å²) in [5, 5.41) is 9.56. The molecule has 53 heavy (non-hydrogen) atoms. The summed E-state index contributed by atoms with van der Waals surface area (Å²) >= 11 is 0. The second kappa shape index (κ2) is 36.0. The first-order chi connectivity index (χ1) is 26.0. The zero-order valence-corrected chi connectivity index (χ0v) is 35.0. The molecular formula is C45H85NO7. The first-order valence-corrected chi connectivity index (χ1v) is 22.9. The quantitative estimate of drug-likeness (QED) is 0.0376. The van der Waals surface area contributed by atoms with Gasteiger partial charge in [0.15, 0.2) is 6.10 Å². The number of nitrogens with zero attached hydrogens (tertiary/aromatic N) is 1. The molecule has 1 heterocycles. The fraction of sp³-hybridized carbons (Fsp3) is 0.933. The smallest absolute Gasteiger partial charge is 0.348 e. The average molecular weight is 752 g/mol. The Kier molecular flexibility index (Phi) is 33.5. The maximum atomic E-state index is 13.1. The minimum atomic E-state index is -0.774. The van der Waals surface area contributed by atoms with Gasteiger partial charge in [0.25, 0.3) is 0 Å². The molecule has 1 fully saturated rings. The van der Waals surface area contributed by atoms with Crippen molar-refractivity contribution in [2.45, 2.75) is 232 Å². The van der Waals surface area contributed by atoms with E-state index in [9.17, 15) is 19.5 Å². The van der Waals surface area contributed by atoms with Gasteiger partial charge in [0.2, 0.25) is 6.10 Å². The standard InChI is InChI=1S/C45H85NO7/c1-4-7-10-13-17-24-31-40(32-25-18-14-11-8-5-2)43-45(50)52-41(44(49)53-43)33-26-20-22-29-36-46(37-38-47)35-28-21-16-19-27-34-42(48)51-39-30-23-15-12-9-6-3/h40-41,43,47H,4-39H2,1-3H3. The summed E-state index contributed by atoms with van der Waals surface area (Å²) in [5.41, 5.74) is 0. The number of carbonyl (C=O) groups excluding carboxylic acids is 3. The second-order valence-electron chi connectivity index (χ2n) is 15.9. The molecular weight excluding hydrogens is 666 g/mol. The van der Waals surface area contributed by atoms with E-state index in [0.717, 1.165) is 109 Å². The molecule has 0 bridgehead atoms. The normalized spacial score (nSPS) is 16.0. The molecule has 8 nitrogen and oxygen atoms in total. The largest absolute Gasteiger partial charge is 0.466 e. The third-order valence-electron chi connectivity index (χ3n) is 11.0. The van der Waals surface area contributed by atoms with E-state index >= 15 is 0 Å². The van der Waals surface area contributed by atoms with Crippen molar-refractivity contribution in [3.63, 3.8) is 0 Å². The second-order valence-corrected chi connectivity index (χ2v) is 15.9. The van der Waals surface area contributed by atoms with Gasteiger partial charge in [-0.15, -0.1) is 0 Å². The van der Waals surface area contributed by atoms with E-state index < -0.39 is 12.2 Å². The molecule has 1 aliphatic heterocycles. The lowest BCUT2D eigenvalue weighted by molar-refractivity contribution is -0.200. The van der Waals surface area contributed by atoms with Crippen LogP contribution < -0.4 is 0 Å². The van der Waals surface area contributed by atoms with E-state index in [0.29, 0.717) is 26.0 Å². The van der Waals surface area contributed by atoms with Crippen LogP contribution in [0.5, 0.6) is 0 Å². The summed E-state index contributed by atoms with van der Waals surface area (Å²) in [7, 11) is 0. The number of unbranched alkanes of at least 4 members (excludes halogenated alkanes) is 22. The number of hydrogen-bond donors (Lipinski definition) is 1. The van der Waals surface area contributed by atoms with Gasteiger partial charge in [0.05, 0.1) is 13.2 Å². The number of aliphatic hydroxyl groups is 1. The molecule has 0 aromatic rings. The number of aliphatic hydroxyl groups excluding tert-OH is 1. The number of cyclic esters (lactones) is 2. The monoisotopic (exact) mass is 752 g/mol. The van der Waals surface area contributed by atoms with Gasteiger partial charge in [-0.05, 0) is 64.5 Å². The Morgan fingerprint density at radius 2 is 1.06 bits per heavy atom. The molecule has 8 heteroatoms. The fourth-order valence-electron chi connectivity index (χ4n) is 7.56. The molecule has 0 aromatic carbocycles. The number of esters is 3. The highest BCUT2D eigenvalue weighted by molar-refractivity contribution is 5.87. The van der Waals surface area contributed by atoms with E-state index in [1.54, 1.807) is 0 Å². The van der Waals surface area contributed by atoms with Gasteiger partial charge in [-0.1, -0.05) is 162 Å². The highest BCUT2D eigenvalue weighted by Gasteiger charge is 2.41. The van der Waals surface area contributed by atoms with Crippen molar-refractivity contribution in [2.24, 2.45) is 5.92 Å². The van der Waals surface area contributed by atoms with E-state index in [-0.39, 0.29) is 30.4 Å². The summed E-state index contributed by atoms with van der Waals surface area (Å²) in [5.74, 6) is -0.690. The van der Waals surface area contributed by atoms with Gasteiger partial charge in [0, 0.05) is 18.9 Å². The number of hydrogen-bond acceptors (Lipinski definition) is 8. The Morgan fingerprint density at radius 3 is 1.60 bits per heavy atom. The molecule has 1 aliphatic rings. The van der Waals surface area contributed by atoms with Crippen LogP contribution in [0, 0.1) is 5.92 Å². The molecule has 2 atom stereocenters. The Morgan fingerprint density at radius 1 is 0.585 bits per heavy atom. The molecule has 2 unspecified atom stereocenters. The number of rotatable bonds is 39. The minimum absolute atomic E-state index is 0.0534. The maximum Gasteiger partial charge on any atom is 0.348 e. The van der Waals surface area contributed by atoms with Crippen LogP contribution in [0.4, 0.5) is 0 Å². The van der Waals surface area contributed by atoms with Crippen LogP contribution in [0.25, 0.3) is 0 Å². The van der Waals surface area contributed by atoms with Crippen LogP contribution in [0.3, 0.4) is 0 Å². The number of carbonyl (C=O) groups is 3. The van der Waals surface area contributed by atoms with Crippen molar-refractivity contribution in [3.8, 4) is 0 Å². The van der Waals surface area contributed by atoms with Crippen molar-refractivity contribution in [2.75, 3.05) is 32.8 Å². The molecule has 312 valence electrons. The topological polar surface area (TPSA) is 102 Å². The molecule has 0 spiro atoms. The van der Waals surface area contributed by atoms with Gasteiger partial charge < -0.3 is 24.2 Å². The van der Waals surface area contributed by atoms with Crippen molar-refractivity contribution in [3.05, 3.63) is 0 Å². The molecule has 0 aliphatic carbocycles. The molecule has 0 radical (unpaired) electrons. The van der Waals surface area contributed by atoms with Crippen molar-refractivity contribution in [1.29, 1.82) is 0 Å². The summed E-state index contributed by atoms with van der Waals surface area (Å²) in [6.45, 7) is 10.0. The van der Waals surface area contributed by atoms with Gasteiger partial charge in [-0.2, -0.15) is 0 Å². The molecule has 1 saturated heterocycles. The van der Waals surface area contributed by atoms with E-state index in [4.69, 9.17) is 14.2 Å². The zero-order chi connectivity index (χ0) is 38.6.